The number of amides is 2. The molecule has 2 aromatic carbocycles. The summed E-state index contributed by atoms with van der Waals surface area (Å²) in [6.45, 7) is 0.333. The minimum atomic E-state index is -3.78. The summed E-state index contributed by atoms with van der Waals surface area (Å²) >= 11 is 9.94. The minimum Gasteiger partial charge on any atom is -0.326 e. The van der Waals surface area contributed by atoms with E-state index in [1.54, 1.807) is 6.08 Å². The summed E-state index contributed by atoms with van der Waals surface area (Å²) in [5.74, 6) is -0.420. The van der Waals surface area contributed by atoms with E-state index in [1.807, 2.05) is 24.3 Å². The van der Waals surface area contributed by atoms with Crippen LogP contribution in [-0.2, 0) is 19.6 Å². The van der Waals surface area contributed by atoms with Crippen LogP contribution >= 0.6 is 39.9 Å². The molecule has 162 valence electrons. The van der Waals surface area contributed by atoms with Crippen molar-refractivity contribution in [3.63, 3.8) is 0 Å². The number of hydrogen-bond donors (Lipinski definition) is 2. The van der Waals surface area contributed by atoms with Gasteiger partial charge in [0.2, 0.25) is 15.9 Å². The molecule has 31 heavy (non-hydrogen) atoms. The number of nitrogens with two attached hydrogens (primary N) is 1. The van der Waals surface area contributed by atoms with Gasteiger partial charge in [-0.05, 0) is 54.5 Å². The molecular weight excluding hydrogens is 522 g/mol. The molecule has 1 saturated heterocycles. The second-order valence-corrected chi connectivity index (χ2v) is 10.8. The fraction of sp³-hybridized carbons (Fsp3) is 0.150. The summed E-state index contributed by atoms with van der Waals surface area (Å²) in [4.78, 5) is 26.8. The zero-order chi connectivity index (χ0) is 22.6. The van der Waals surface area contributed by atoms with Gasteiger partial charge in [0.1, 0.15) is 4.32 Å². The number of halogens is 1. The van der Waals surface area contributed by atoms with Crippen LogP contribution in [0.2, 0.25) is 0 Å². The van der Waals surface area contributed by atoms with Crippen molar-refractivity contribution in [2.24, 2.45) is 5.14 Å². The SMILES string of the molecule is NS(=O)(=O)c1ccc(NC(=O)CCCN2C(=O)/C(=C/c3ccc(Br)cc3)SC2=S)cc1. The molecule has 2 aromatic rings. The first-order valence-electron chi connectivity index (χ1n) is 9.07. The number of rotatable bonds is 7. The van der Waals surface area contributed by atoms with E-state index in [2.05, 4.69) is 21.2 Å². The van der Waals surface area contributed by atoms with Crippen LogP contribution in [0.3, 0.4) is 0 Å². The van der Waals surface area contributed by atoms with Gasteiger partial charge in [0.25, 0.3) is 5.91 Å². The highest BCUT2D eigenvalue weighted by atomic mass is 79.9. The number of anilines is 1. The van der Waals surface area contributed by atoms with Gasteiger partial charge in [-0.15, -0.1) is 0 Å². The van der Waals surface area contributed by atoms with E-state index in [1.165, 1.54) is 40.9 Å². The second kappa shape index (κ2) is 10.0. The van der Waals surface area contributed by atoms with Gasteiger partial charge in [0.05, 0.1) is 9.80 Å². The van der Waals surface area contributed by atoms with E-state index < -0.39 is 10.0 Å². The quantitative estimate of drug-likeness (QED) is 0.410. The number of thiocarbonyl (C=S) groups is 1. The van der Waals surface area contributed by atoms with Gasteiger partial charge in [0.15, 0.2) is 0 Å². The maximum Gasteiger partial charge on any atom is 0.266 e. The Kier molecular flexibility index (Phi) is 7.65. The first-order chi connectivity index (χ1) is 14.6. The molecule has 1 aliphatic heterocycles. The van der Waals surface area contributed by atoms with Crippen molar-refractivity contribution in [3.05, 3.63) is 63.5 Å². The number of nitrogens with zero attached hydrogens (tertiary/aromatic N) is 1. The molecular formula is C20H18BrN3O4S3. The van der Waals surface area contributed by atoms with Gasteiger partial charge in [-0.3, -0.25) is 14.5 Å². The molecule has 0 aromatic heterocycles. The molecule has 0 aliphatic carbocycles. The Morgan fingerprint density at radius 3 is 2.42 bits per heavy atom. The summed E-state index contributed by atoms with van der Waals surface area (Å²) in [6.07, 6.45) is 2.41. The zero-order valence-corrected chi connectivity index (χ0v) is 20.1. The first kappa shape index (κ1) is 23.6. The van der Waals surface area contributed by atoms with E-state index >= 15 is 0 Å². The highest BCUT2D eigenvalue weighted by Crippen LogP contribution is 2.32. The van der Waals surface area contributed by atoms with Crippen molar-refractivity contribution in [1.29, 1.82) is 0 Å². The Bertz CT molecular complexity index is 1150. The maximum absolute atomic E-state index is 12.6. The third kappa shape index (κ3) is 6.47. The Morgan fingerprint density at radius 1 is 1.16 bits per heavy atom. The van der Waals surface area contributed by atoms with E-state index in [0.717, 1.165) is 10.0 Å². The molecule has 1 heterocycles. The largest absolute Gasteiger partial charge is 0.326 e. The fourth-order valence-corrected chi connectivity index (χ4v) is 4.84. The van der Waals surface area contributed by atoms with Gasteiger partial charge in [-0.25, -0.2) is 13.6 Å². The molecule has 1 fully saturated rings. The van der Waals surface area contributed by atoms with Crippen molar-refractivity contribution in [1.82, 2.24) is 4.90 Å². The molecule has 0 unspecified atom stereocenters. The lowest BCUT2D eigenvalue weighted by molar-refractivity contribution is -0.122. The molecule has 3 rings (SSSR count). The van der Waals surface area contributed by atoms with Crippen molar-refractivity contribution in [2.45, 2.75) is 17.7 Å². The molecule has 2 amide bonds. The fourth-order valence-electron chi connectivity index (χ4n) is 2.75. The number of nitrogens with one attached hydrogen (secondary N) is 1. The standard InChI is InChI=1S/C20H18BrN3O4S3/c21-14-5-3-13(4-6-14)12-17-19(26)24(20(29)30-17)11-1-2-18(25)23-15-7-9-16(10-8-15)31(22,27)28/h3-10,12H,1-2,11H2,(H,23,25)(H2,22,27,28)/b17-12-. The Labute approximate surface area is 198 Å². The number of primary sulfonamides is 1. The average molecular weight is 540 g/mol. The lowest BCUT2D eigenvalue weighted by atomic mass is 10.2. The number of hydrogen-bond acceptors (Lipinski definition) is 6. The van der Waals surface area contributed by atoms with Crippen LogP contribution in [0.4, 0.5) is 5.69 Å². The lowest BCUT2D eigenvalue weighted by Crippen LogP contribution is -2.29. The molecule has 1 aliphatic rings. The van der Waals surface area contributed by atoms with Crippen LogP contribution in [0.5, 0.6) is 0 Å². The van der Waals surface area contributed by atoms with Crippen molar-refractivity contribution >= 4 is 77.8 Å². The van der Waals surface area contributed by atoms with Gasteiger partial charge < -0.3 is 5.32 Å². The normalized spacial score (nSPS) is 15.5. The molecule has 3 N–H and O–H groups in total. The van der Waals surface area contributed by atoms with Crippen molar-refractivity contribution in [3.8, 4) is 0 Å². The van der Waals surface area contributed by atoms with Crippen LogP contribution in [0, 0.1) is 0 Å². The molecule has 0 atom stereocenters. The molecule has 0 saturated carbocycles. The van der Waals surface area contributed by atoms with E-state index in [0.29, 0.717) is 27.9 Å². The van der Waals surface area contributed by atoms with E-state index in [4.69, 9.17) is 17.4 Å². The third-order valence-electron chi connectivity index (χ3n) is 4.29. The van der Waals surface area contributed by atoms with Crippen LogP contribution in [-0.4, -0.2) is 36.0 Å². The maximum atomic E-state index is 12.6. The highest BCUT2D eigenvalue weighted by molar-refractivity contribution is 9.10. The van der Waals surface area contributed by atoms with Crippen LogP contribution in [0.15, 0.2) is 62.8 Å². The van der Waals surface area contributed by atoms with E-state index in [9.17, 15) is 18.0 Å². The first-order valence-corrected chi connectivity index (χ1v) is 12.6. The molecule has 0 radical (unpaired) electrons. The Balaban J connectivity index is 1.51. The average Bonchev–Trinajstić information content (AvgIpc) is 2.97. The Hall–Kier alpha value is -2.05. The van der Waals surface area contributed by atoms with Gasteiger partial charge >= 0.3 is 0 Å². The topological polar surface area (TPSA) is 110 Å². The number of thioether (sulfide) groups is 1. The number of carbonyl (C=O) groups is 2. The summed E-state index contributed by atoms with van der Waals surface area (Å²) < 4.78 is 24.0. The number of sulfonamides is 1. The van der Waals surface area contributed by atoms with Crippen LogP contribution in [0.25, 0.3) is 6.08 Å². The molecule has 11 heteroatoms. The monoisotopic (exact) mass is 539 g/mol. The smallest absolute Gasteiger partial charge is 0.266 e. The number of carbonyl (C=O) groups excluding carboxylic acids is 2. The van der Waals surface area contributed by atoms with Crippen molar-refractivity contribution in [2.75, 3.05) is 11.9 Å². The molecule has 0 bridgehead atoms. The Morgan fingerprint density at radius 2 is 1.81 bits per heavy atom. The van der Waals surface area contributed by atoms with Crippen LogP contribution in [0.1, 0.15) is 18.4 Å². The lowest BCUT2D eigenvalue weighted by Gasteiger charge is -2.14. The van der Waals surface area contributed by atoms with Gasteiger partial charge in [-0.2, -0.15) is 0 Å². The minimum absolute atomic E-state index is 0.0314. The molecule has 7 nitrogen and oxygen atoms in total. The van der Waals surface area contributed by atoms with E-state index in [-0.39, 0.29) is 23.1 Å². The summed E-state index contributed by atoms with van der Waals surface area (Å²) in [5.41, 5.74) is 1.36. The predicted octanol–water partition coefficient (Wildman–Crippen LogP) is 3.72. The van der Waals surface area contributed by atoms with Crippen LogP contribution < -0.4 is 10.5 Å². The second-order valence-electron chi connectivity index (χ2n) is 6.61. The van der Waals surface area contributed by atoms with Gasteiger partial charge in [-0.1, -0.05) is 52.0 Å². The summed E-state index contributed by atoms with van der Waals surface area (Å²) in [7, 11) is -3.78. The summed E-state index contributed by atoms with van der Waals surface area (Å²) in [5, 5.41) is 7.73. The summed E-state index contributed by atoms with van der Waals surface area (Å²) in [6, 6.07) is 13.2. The van der Waals surface area contributed by atoms with Crippen molar-refractivity contribution < 1.29 is 18.0 Å². The third-order valence-corrected chi connectivity index (χ3v) is 7.13. The number of benzene rings is 2. The zero-order valence-electron chi connectivity index (χ0n) is 16.1. The molecule has 0 spiro atoms. The highest BCUT2D eigenvalue weighted by Gasteiger charge is 2.31. The van der Waals surface area contributed by atoms with Gasteiger partial charge in [0, 0.05) is 23.1 Å². The predicted molar refractivity (Wildman–Crippen MR) is 130 cm³/mol.